The second-order valence-electron chi connectivity index (χ2n) is 5.90. The number of amides is 1. The van der Waals surface area contributed by atoms with E-state index in [1.165, 1.54) is 4.90 Å². The standard InChI is InChI=1S/C14H22N2O4/c1-5-19-12(17)11-6-10(7-15)8-16(9-11)13(18)20-14(2,3)4/h10-11H,5-6,8-9H2,1-4H3. The average Bonchev–Trinajstić information content (AvgIpc) is 2.36. The van der Waals surface area contributed by atoms with Crippen LogP contribution in [0.4, 0.5) is 4.79 Å². The van der Waals surface area contributed by atoms with Crippen LogP contribution in [0.3, 0.4) is 0 Å². The highest BCUT2D eigenvalue weighted by Gasteiger charge is 2.36. The van der Waals surface area contributed by atoms with E-state index in [0.717, 1.165) is 0 Å². The molecule has 0 spiro atoms. The number of likely N-dealkylation sites (tertiary alicyclic amines) is 1. The monoisotopic (exact) mass is 282 g/mol. The van der Waals surface area contributed by atoms with Crippen molar-refractivity contribution in [3.63, 3.8) is 0 Å². The molecule has 0 aromatic rings. The van der Waals surface area contributed by atoms with E-state index >= 15 is 0 Å². The van der Waals surface area contributed by atoms with Gasteiger partial charge in [-0.15, -0.1) is 0 Å². The topological polar surface area (TPSA) is 79.6 Å². The predicted molar refractivity (Wildman–Crippen MR) is 71.7 cm³/mol. The van der Waals surface area contributed by atoms with Crippen LogP contribution in [0.25, 0.3) is 0 Å². The van der Waals surface area contributed by atoms with Crippen LogP contribution >= 0.6 is 0 Å². The molecule has 1 saturated heterocycles. The molecule has 1 amide bonds. The number of esters is 1. The lowest BCUT2D eigenvalue weighted by atomic mass is 9.90. The van der Waals surface area contributed by atoms with E-state index in [1.54, 1.807) is 27.7 Å². The maximum Gasteiger partial charge on any atom is 0.410 e. The summed E-state index contributed by atoms with van der Waals surface area (Å²) < 4.78 is 10.3. The Bertz CT molecular complexity index is 408. The maximum absolute atomic E-state index is 12.0. The first-order chi connectivity index (χ1) is 9.26. The number of rotatable bonds is 2. The Labute approximate surface area is 119 Å². The van der Waals surface area contributed by atoms with E-state index in [2.05, 4.69) is 6.07 Å². The van der Waals surface area contributed by atoms with Gasteiger partial charge in [-0.1, -0.05) is 0 Å². The van der Waals surface area contributed by atoms with Crippen LogP contribution in [0.1, 0.15) is 34.1 Å². The van der Waals surface area contributed by atoms with Crippen molar-refractivity contribution in [1.29, 1.82) is 5.26 Å². The predicted octanol–water partition coefficient (Wildman–Crippen LogP) is 1.95. The quantitative estimate of drug-likeness (QED) is 0.723. The normalized spacial score (nSPS) is 22.9. The number of carbonyl (C=O) groups excluding carboxylic acids is 2. The molecule has 1 aliphatic rings. The minimum atomic E-state index is -0.601. The van der Waals surface area contributed by atoms with Crippen LogP contribution in [-0.4, -0.2) is 42.3 Å². The largest absolute Gasteiger partial charge is 0.466 e. The van der Waals surface area contributed by atoms with Crippen molar-refractivity contribution in [3.05, 3.63) is 0 Å². The molecule has 1 fully saturated rings. The van der Waals surface area contributed by atoms with E-state index in [0.29, 0.717) is 19.6 Å². The van der Waals surface area contributed by atoms with Gasteiger partial charge in [-0.05, 0) is 34.1 Å². The molecule has 6 heteroatoms. The zero-order valence-electron chi connectivity index (χ0n) is 12.5. The van der Waals surface area contributed by atoms with E-state index in [1.807, 2.05) is 0 Å². The van der Waals surface area contributed by atoms with Gasteiger partial charge in [0.2, 0.25) is 0 Å². The summed E-state index contributed by atoms with van der Waals surface area (Å²) in [5, 5.41) is 9.07. The lowest BCUT2D eigenvalue weighted by Gasteiger charge is -2.35. The zero-order chi connectivity index (χ0) is 15.3. The number of ether oxygens (including phenoxy) is 2. The summed E-state index contributed by atoms with van der Waals surface area (Å²) in [6.07, 6.45) is -0.0685. The molecule has 20 heavy (non-hydrogen) atoms. The Balaban J connectivity index is 2.74. The van der Waals surface area contributed by atoms with E-state index in [9.17, 15) is 9.59 Å². The Morgan fingerprint density at radius 3 is 2.50 bits per heavy atom. The van der Waals surface area contributed by atoms with Crippen molar-refractivity contribution in [2.24, 2.45) is 11.8 Å². The van der Waals surface area contributed by atoms with Gasteiger partial charge >= 0.3 is 12.1 Å². The molecule has 0 N–H and O–H groups in total. The van der Waals surface area contributed by atoms with Gasteiger partial charge in [-0.2, -0.15) is 5.26 Å². The second-order valence-corrected chi connectivity index (χ2v) is 5.90. The Morgan fingerprint density at radius 1 is 1.35 bits per heavy atom. The molecule has 0 bridgehead atoms. The van der Waals surface area contributed by atoms with Gasteiger partial charge in [0.25, 0.3) is 0 Å². The highest BCUT2D eigenvalue weighted by atomic mass is 16.6. The van der Waals surface area contributed by atoms with Crippen molar-refractivity contribution in [1.82, 2.24) is 4.90 Å². The van der Waals surface area contributed by atoms with Crippen molar-refractivity contribution in [3.8, 4) is 6.07 Å². The fraction of sp³-hybridized carbons (Fsp3) is 0.786. The van der Waals surface area contributed by atoms with Gasteiger partial charge in [-0.25, -0.2) is 4.79 Å². The van der Waals surface area contributed by atoms with Crippen molar-refractivity contribution in [2.45, 2.75) is 39.7 Å². The summed E-state index contributed by atoms with van der Waals surface area (Å²) >= 11 is 0. The molecule has 2 atom stereocenters. The number of nitriles is 1. The number of nitrogens with zero attached hydrogens (tertiary/aromatic N) is 2. The van der Waals surface area contributed by atoms with E-state index in [4.69, 9.17) is 14.7 Å². The smallest absolute Gasteiger partial charge is 0.410 e. The van der Waals surface area contributed by atoms with E-state index < -0.39 is 17.6 Å². The molecule has 0 radical (unpaired) electrons. The second kappa shape index (κ2) is 6.60. The third-order valence-corrected chi connectivity index (χ3v) is 2.90. The molecule has 0 aromatic carbocycles. The van der Waals surface area contributed by atoms with Gasteiger partial charge in [-0.3, -0.25) is 4.79 Å². The minimum absolute atomic E-state index is 0.242. The first-order valence-electron chi connectivity index (χ1n) is 6.81. The number of hydrogen-bond acceptors (Lipinski definition) is 5. The number of piperidine rings is 1. The summed E-state index contributed by atoms with van der Waals surface area (Å²) in [5.41, 5.74) is -0.601. The summed E-state index contributed by atoms with van der Waals surface area (Å²) in [6, 6.07) is 2.12. The van der Waals surface area contributed by atoms with Gasteiger partial charge in [0, 0.05) is 13.1 Å². The van der Waals surface area contributed by atoms with Crippen LogP contribution < -0.4 is 0 Å². The van der Waals surface area contributed by atoms with Crippen molar-refractivity contribution >= 4 is 12.1 Å². The maximum atomic E-state index is 12.0. The zero-order valence-corrected chi connectivity index (χ0v) is 12.5. The van der Waals surface area contributed by atoms with Crippen LogP contribution in [0, 0.1) is 23.2 Å². The number of carbonyl (C=O) groups is 2. The molecular formula is C14H22N2O4. The molecule has 1 rings (SSSR count). The lowest BCUT2D eigenvalue weighted by molar-refractivity contribution is -0.150. The van der Waals surface area contributed by atoms with Gasteiger partial charge in [0.15, 0.2) is 0 Å². The van der Waals surface area contributed by atoms with Crippen molar-refractivity contribution in [2.75, 3.05) is 19.7 Å². The van der Waals surface area contributed by atoms with Crippen molar-refractivity contribution < 1.29 is 19.1 Å². The summed E-state index contributed by atoms with van der Waals surface area (Å²) in [5.74, 6) is -1.19. The highest BCUT2D eigenvalue weighted by molar-refractivity contribution is 5.75. The summed E-state index contributed by atoms with van der Waals surface area (Å²) in [7, 11) is 0. The molecule has 2 unspecified atom stereocenters. The Morgan fingerprint density at radius 2 is 2.00 bits per heavy atom. The minimum Gasteiger partial charge on any atom is -0.466 e. The third-order valence-electron chi connectivity index (χ3n) is 2.90. The van der Waals surface area contributed by atoms with Gasteiger partial charge in [0.05, 0.1) is 24.5 Å². The van der Waals surface area contributed by atoms with Crippen LogP contribution in [0.5, 0.6) is 0 Å². The molecule has 0 saturated carbocycles. The Kier molecular flexibility index (Phi) is 5.37. The van der Waals surface area contributed by atoms with Crippen LogP contribution in [0.2, 0.25) is 0 Å². The Hall–Kier alpha value is -1.77. The third kappa shape index (κ3) is 4.72. The van der Waals surface area contributed by atoms with Crippen LogP contribution in [0.15, 0.2) is 0 Å². The molecule has 1 heterocycles. The van der Waals surface area contributed by atoms with Gasteiger partial charge < -0.3 is 14.4 Å². The average molecular weight is 282 g/mol. The molecule has 6 nitrogen and oxygen atoms in total. The summed E-state index contributed by atoms with van der Waals surface area (Å²) in [6.45, 7) is 7.89. The van der Waals surface area contributed by atoms with E-state index in [-0.39, 0.29) is 18.4 Å². The molecule has 0 aromatic heterocycles. The molecule has 112 valence electrons. The first-order valence-corrected chi connectivity index (χ1v) is 6.81. The molecule has 0 aliphatic carbocycles. The molecular weight excluding hydrogens is 260 g/mol. The lowest BCUT2D eigenvalue weighted by Crippen LogP contribution is -2.48. The fourth-order valence-corrected chi connectivity index (χ4v) is 2.10. The van der Waals surface area contributed by atoms with Crippen LogP contribution in [-0.2, 0) is 14.3 Å². The molecule has 1 aliphatic heterocycles. The fourth-order valence-electron chi connectivity index (χ4n) is 2.10. The highest BCUT2D eigenvalue weighted by Crippen LogP contribution is 2.24. The number of hydrogen-bond donors (Lipinski definition) is 0. The SMILES string of the molecule is CCOC(=O)C1CC(C#N)CN(C(=O)OC(C)(C)C)C1. The summed E-state index contributed by atoms with van der Waals surface area (Å²) in [4.78, 5) is 25.3. The first kappa shape index (κ1) is 16.3. The van der Waals surface area contributed by atoms with Gasteiger partial charge in [0.1, 0.15) is 5.60 Å².